The van der Waals surface area contributed by atoms with Crippen LogP contribution in [0.5, 0.6) is 0 Å². The Morgan fingerprint density at radius 2 is 2.04 bits per heavy atom. The van der Waals surface area contributed by atoms with Crippen molar-refractivity contribution < 1.29 is 18.3 Å². The number of halogens is 2. The van der Waals surface area contributed by atoms with Gasteiger partial charge in [0.05, 0.1) is 19.3 Å². The maximum absolute atomic E-state index is 13.2. The third kappa shape index (κ3) is 4.23. The molecule has 7 nitrogen and oxygen atoms in total. The van der Waals surface area contributed by atoms with Crippen molar-refractivity contribution in [2.75, 3.05) is 39.3 Å². The number of carbonyl (C=O) groups is 1. The van der Waals surface area contributed by atoms with Crippen LogP contribution >= 0.6 is 0 Å². The molecular weight excluding hydrogens is 308 g/mol. The fraction of sp³-hybridized carbons (Fsp3) is 0.786. The van der Waals surface area contributed by atoms with Gasteiger partial charge in [-0.15, -0.1) is 5.10 Å². The molecule has 2 fully saturated rings. The number of amides is 1. The summed E-state index contributed by atoms with van der Waals surface area (Å²) in [5.41, 5.74) is 0. The molecule has 0 bridgehead atoms. The van der Waals surface area contributed by atoms with Gasteiger partial charge in [-0.2, -0.15) is 0 Å². The normalized spacial score (nSPS) is 25.5. The number of hydrogen-bond acceptors (Lipinski definition) is 5. The number of hydrogen-bond donors (Lipinski definition) is 0. The van der Waals surface area contributed by atoms with E-state index in [0.29, 0.717) is 19.7 Å². The molecule has 1 unspecified atom stereocenters. The minimum Gasteiger partial charge on any atom is -0.366 e. The van der Waals surface area contributed by atoms with Crippen LogP contribution in [-0.2, 0) is 16.1 Å². The summed E-state index contributed by atoms with van der Waals surface area (Å²) >= 11 is 0. The largest absolute Gasteiger partial charge is 0.366 e. The Kier molecular flexibility index (Phi) is 4.86. The van der Waals surface area contributed by atoms with Gasteiger partial charge in [-0.05, 0) is 0 Å². The van der Waals surface area contributed by atoms with Crippen LogP contribution in [0.1, 0.15) is 12.8 Å². The maximum Gasteiger partial charge on any atom is 0.253 e. The van der Waals surface area contributed by atoms with E-state index in [0.717, 1.165) is 13.1 Å². The van der Waals surface area contributed by atoms with Crippen molar-refractivity contribution in [3.63, 3.8) is 0 Å². The first-order valence-electron chi connectivity index (χ1n) is 7.88. The molecular formula is C14H21F2N5O2. The van der Waals surface area contributed by atoms with Crippen molar-refractivity contribution in [2.45, 2.75) is 31.4 Å². The lowest BCUT2D eigenvalue weighted by Gasteiger charge is -2.37. The van der Waals surface area contributed by atoms with E-state index in [9.17, 15) is 13.6 Å². The van der Waals surface area contributed by atoms with Crippen LogP contribution in [0.4, 0.5) is 8.78 Å². The van der Waals surface area contributed by atoms with Gasteiger partial charge in [0, 0.05) is 51.8 Å². The summed E-state index contributed by atoms with van der Waals surface area (Å²) in [5, 5.41) is 7.65. The molecule has 0 aromatic carbocycles. The van der Waals surface area contributed by atoms with Crippen LogP contribution in [-0.4, -0.2) is 82.1 Å². The molecule has 3 rings (SSSR count). The molecule has 0 N–H and O–H groups in total. The average Bonchev–Trinajstić information content (AvgIpc) is 3.06. The zero-order valence-electron chi connectivity index (χ0n) is 12.9. The Balaban J connectivity index is 1.48. The summed E-state index contributed by atoms with van der Waals surface area (Å²) in [6.45, 7) is 3.34. The molecule has 23 heavy (non-hydrogen) atoms. The zero-order valence-corrected chi connectivity index (χ0v) is 12.9. The molecule has 3 heterocycles. The highest BCUT2D eigenvalue weighted by Gasteiger charge is 2.38. The first-order chi connectivity index (χ1) is 11.0. The topological polar surface area (TPSA) is 63.5 Å². The first-order valence-corrected chi connectivity index (χ1v) is 7.88. The number of carbonyl (C=O) groups excluding carboxylic acids is 1. The Bertz CT molecular complexity index is 515. The van der Waals surface area contributed by atoms with Gasteiger partial charge in [0.2, 0.25) is 0 Å². The number of alkyl halides is 2. The second-order valence-electron chi connectivity index (χ2n) is 6.01. The molecule has 9 heteroatoms. The summed E-state index contributed by atoms with van der Waals surface area (Å²) in [4.78, 5) is 16.1. The molecule has 2 saturated heterocycles. The fourth-order valence-corrected chi connectivity index (χ4v) is 2.91. The molecule has 2 aliphatic rings. The maximum atomic E-state index is 13.2. The minimum atomic E-state index is -2.64. The molecule has 1 aromatic rings. The Labute approximate surface area is 133 Å². The van der Waals surface area contributed by atoms with E-state index in [1.54, 1.807) is 17.1 Å². The number of piperidine rings is 1. The standard InChI is InChI=1S/C14H21F2N5O2/c15-14(16)1-4-20(5-2-14)13(22)12-11-19(9-10-23-12)7-8-21-6-3-17-18-21/h3,6,12H,1-2,4-5,7-11H2. The van der Waals surface area contributed by atoms with Gasteiger partial charge in [0.25, 0.3) is 11.8 Å². The van der Waals surface area contributed by atoms with E-state index in [1.165, 1.54) is 4.90 Å². The third-order valence-electron chi connectivity index (χ3n) is 4.35. The van der Waals surface area contributed by atoms with Gasteiger partial charge in [-0.25, -0.2) is 8.78 Å². The molecule has 0 aliphatic carbocycles. The molecule has 0 saturated carbocycles. The van der Waals surface area contributed by atoms with Crippen LogP contribution < -0.4 is 0 Å². The van der Waals surface area contributed by atoms with E-state index in [4.69, 9.17) is 4.74 Å². The predicted molar refractivity (Wildman–Crippen MR) is 77.0 cm³/mol. The number of aromatic nitrogens is 3. The van der Waals surface area contributed by atoms with E-state index in [1.807, 2.05) is 0 Å². The lowest BCUT2D eigenvalue weighted by Crippen LogP contribution is -2.53. The van der Waals surface area contributed by atoms with Crippen LogP contribution in [0.3, 0.4) is 0 Å². The van der Waals surface area contributed by atoms with Crippen LogP contribution in [0, 0.1) is 0 Å². The van der Waals surface area contributed by atoms with E-state index in [2.05, 4.69) is 15.2 Å². The highest BCUT2D eigenvalue weighted by atomic mass is 19.3. The smallest absolute Gasteiger partial charge is 0.253 e. The predicted octanol–water partition coefficient (Wildman–Crippen LogP) is 0.237. The highest BCUT2D eigenvalue weighted by Crippen LogP contribution is 2.28. The van der Waals surface area contributed by atoms with E-state index in [-0.39, 0.29) is 31.8 Å². The third-order valence-corrected chi connectivity index (χ3v) is 4.35. The monoisotopic (exact) mass is 329 g/mol. The summed E-state index contributed by atoms with van der Waals surface area (Å²) in [5.74, 6) is -2.82. The first kappa shape index (κ1) is 16.3. The van der Waals surface area contributed by atoms with Crippen LogP contribution in [0.2, 0.25) is 0 Å². The summed E-state index contributed by atoms with van der Waals surface area (Å²) < 4.78 is 33.7. The van der Waals surface area contributed by atoms with Gasteiger partial charge in [0.15, 0.2) is 0 Å². The number of rotatable bonds is 4. The fourth-order valence-electron chi connectivity index (χ4n) is 2.91. The molecule has 1 amide bonds. The van der Waals surface area contributed by atoms with Crippen molar-refractivity contribution in [2.24, 2.45) is 0 Å². The van der Waals surface area contributed by atoms with Gasteiger partial charge >= 0.3 is 0 Å². The minimum absolute atomic E-state index is 0.102. The second-order valence-corrected chi connectivity index (χ2v) is 6.01. The van der Waals surface area contributed by atoms with Crippen molar-refractivity contribution in [1.82, 2.24) is 24.8 Å². The number of nitrogens with zero attached hydrogens (tertiary/aromatic N) is 5. The lowest BCUT2D eigenvalue weighted by atomic mass is 10.1. The van der Waals surface area contributed by atoms with Crippen molar-refractivity contribution in [3.05, 3.63) is 12.4 Å². The summed E-state index contributed by atoms with van der Waals surface area (Å²) in [6.07, 6.45) is 2.32. The molecule has 0 radical (unpaired) electrons. The van der Waals surface area contributed by atoms with E-state index >= 15 is 0 Å². The van der Waals surface area contributed by atoms with E-state index < -0.39 is 12.0 Å². The molecule has 0 spiro atoms. The van der Waals surface area contributed by atoms with Crippen molar-refractivity contribution in [1.29, 1.82) is 0 Å². The summed E-state index contributed by atoms with van der Waals surface area (Å²) in [6, 6.07) is 0. The van der Waals surface area contributed by atoms with Gasteiger partial charge in [0.1, 0.15) is 6.10 Å². The van der Waals surface area contributed by atoms with Gasteiger partial charge in [-0.3, -0.25) is 14.4 Å². The second kappa shape index (κ2) is 6.88. The number of morpholine rings is 1. The van der Waals surface area contributed by atoms with Crippen molar-refractivity contribution in [3.8, 4) is 0 Å². The van der Waals surface area contributed by atoms with Gasteiger partial charge < -0.3 is 9.64 Å². The Morgan fingerprint density at radius 3 is 2.74 bits per heavy atom. The van der Waals surface area contributed by atoms with Gasteiger partial charge in [-0.1, -0.05) is 5.21 Å². The Morgan fingerprint density at radius 1 is 1.26 bits per heavy atom. The molecule has 1 aromatic heterocycles. The molecule has 1 atom stereocenters. The highest BCUT2D eigenvalue weighted by molar-refractivity contribution is 5.81. The lowest BCUT2D eigenvalue weighted by molar-refractivity contribution is -0.154. The Hall–Kier alpha value is -1.61. The van der Waals surface area contributed by atoms with Crippen LogP contribution in [0.15, 0.2) is 12.4 Å². The van der Waals surface area contributed by atoms with Crippen LogP contribution in [0.25, 0.3) is 0 Å². The zero-order chi connectivity index (χ0) is 16.3. The molecule has 2 aliphatic heterocycles. The quantitative estimate of drug-likeness (QED) is 0.792. The number of ether oxygens (including phenoxy) is 1. The SMILES string of the molecule is O=C(C1CN(CCn2ccnn2)CCO1)N1CCC(F)(F)CC1. The van der Waals surface area contributed by atoms with Crippen molar-refractivity contribution >= 4 is 5.91 Å². The summed E-state index contributed by atoms with van der Waals surface area (Å²) in [7, 11) is 0. The number of likely N-dealkylation sites (tertiary alicyclic amines) is 1. The molecule has 128 valence electrons. The average molecular weight is 329 g/mol.